The summed E-state index contributed by atoms with van der Waals surface area (Å²) < 4.78 is 2.71. The lowest BCUT2D eigenvalue weighted by atomic mass is 9.91. The normalized spacial score (nSPS) is 11.8. The van der Waals surface area contributed by atoms with E-state index in [1.165, 1.54) is 80.3 Å². The van der Waals surface area contributed by atoms with Crippen LogP contribution in [0.4, 0.5) is 0 Å². The van der Waals surface area contributed by atoms with Crippen LogP contribution in [0.2, 0.25) is 0 Å². The maximum atomic E-state index is 2.39. The monoisotopic (exact) mass is 500 g/mol. The Kier molecular flexibility index (Phi) is 4.71. The van der Waals surface area contributed by atoms with Crippen molar-refractivity contribution in [1.82, 2.24) is 0 Å². The second kappa shape index (κ2) is 8.28. The standard InChI is InChI=1S/C37H24S/c1-23-19-25(21-26(20-23)27-14-8-15-34-33-13-6-7-16-36(33)38-37(27)34)24-17-18-32-30-11-3-2-9-28(30)29-10-4-5-12-31(29)35(32)22-24/h2-22H,1H3. The van der Waals surface area contributed by atoms with Gasteiger partial charge in [-0.05, 0) is 85.3 Å². The summed E-state index contributed by atoms with van der Waals surface area (Å²) in [7, 11) is 0. The zero-order chi connectivity index (χ0) is 25.2. The van der Waals surface area contributed by atoms with Gasteiger partial charge in [0.15, 0.2) is 0 Å². The van der Waals surface area contributed by atoms with Gasteiger partial charge in [-0.15, -0.1) is 11.3 Å². The van der Waals surface area contributed by atoms with Crippen molar-refractivity contribution in [1.29, 1.82) is 0 Å². The number of hydrogen-bond acceptors (Lipinski definition) is 1. The molecule has 0 bridgehead atoms. The number of fused-ring (bicyclic) bond motifs is 9. The maximum absolute atomic E-state index is 2.39. The summed E-state index contributed by atoms with van der Waals surface area (Å²) in [6, 6.07) is 47.1. The van der Waals surface area contributed by atoms with Crippen molar-refractivity contribution >= 4 is 63.8 Å². The third-order valence-corrected chi connectivity index (χ3v) is 9.09. The van der Waals surface area contributed by atoms with Crippen LogP contribution in [0.15, 0.2) is 127 Å². The minimum atomic E-state index is 1.26. The van der Waals surface area contributed by atoms with Crippen LogP contribution in [0.1, 0.15) is 5.56 Å². The molecule has 8 rings (SSSR count). The molecule has 1 heteroatoms. The first-order valence-corrected chi connectivity index (χ1v) is 13.9. The number of aryl methyl sites for hydroxylation is 1. The molecule has 1 heterocycles. The molecule has 0 radical (unpaired) electrons. The highest BCUT2D eigenvalue weighted by Gasteiger charge is 2.13. The van der Waals surface area contributed by atoms with Crippen molar-refractivity contribution in [2.45, 2.75) is 6.92 Å². The molecule has 0 amide bonds. The molecule has 0 nitrogen and oxygen atoms in total. The highest BCUT2D eigenvalue weighted by molar-refractivity contribution is 7.26. The fourth-order valence-corrected chi connectivity index (χ4v) is 7.41. The molecule has 0 N–H and O–H groups in total. The van der Waals surface area contributed by atoms with Crippen LogP contribution in [0, 0.1) is 6.92 Å². The number of rotatable bonds is 2. The number of benzene rings is 7. The van der Waals surface area contributed by atoms with Gasteiger partial charge in [0.2, 0.25) is 0 Å². The van der Waals surface area contributed by atoms with Crippen LogP contribution in [0.5, 0.6) is 0 Å². The molecule has 0 fully saturated rings. The molecule has 0 saturated heterocycles. The van der Waals surface area contributed by atoms with E-state index in [1.807, 2.05) is 11.3 Å². The topological polar surface area (TPSA) is 0 Å². The van der Waals surface area contributed by atoms with Crippen molar-refractivity contribution in [3.05, 3.63) is 133 Å². The fraction of sp³-hybridized carbons (Fsp3) is 0.0270. The Balaban J connectivity index is 1.36. The van der Waals surface area contributed by atoms with E-state index >= 15 is 0 Å². The van der Waals surface area contributed by atoms with E-state index in [4.69, 9.17) is 0 Å². The first-order valence-electron chi connectivity index (χ1n) is 13.1. The minimum absolute atomic E-state index is 1.26. The molecule has 178 valence electrons. The molecule has 0 aliphatic rings. The highest BCUT2D eigenvalue weighted by atomic mass is 32.1. The molecular weight excluding hydrogens is 476 g/mol. The first-order chi connectivity index (χ1) is 18.7. The molecule has 1 aromatic heterocycles. The Morgan fingerprint density at radius 2 is 0.974 bits per heavy atom. The Bertz CT molecular complexity index is 2160. The molecule has 0 aliphatic heterocycles. The zero-order valence-electron chi connectivity index (χ0n) is 21.0. The van der Waals surface area contributed by atoms with E-state index in [2.05, 4.69) is 134 Å². The summed E-state index contributed by atoms with van der Waals surface area (Å²) in [5, 5.41) is 10.6. The lowest BCUT2D eigenvalue weighted by Crippen LogP contribution is -1.87. The summed E-state index contributed by atoms with van der Waals surface area (Å²) in [5.41, 5.74) is 6.38. The Hall–Kier alpha value is -4.46. The Morgan fingerprint density at radius 1 is 0.395 bits per heavy atom. The van der Waals surface area contributed by atoms with Gasteiger partial charge in [0.25, 0.3) is 0 Å². The van der Waals surface area contributed by atoms with Gasteiger partial charge in [0.1, 0.15) is 0 Å². The smallest absolute Gasteiger partial charge is 0.0433 e. The van der Waals surface area contributed by atoms with Crippen LogP contribution in [0.25, 0.3) is 74.7 Å². The summed E-state index contributed by atoms with van der Waals surface area (Å²) in [5.74, 6) is 0. The van der Waals surface area contributed by atoms with E-state index in [0.717, 1.165) is 0 Å². The van der Waals surface area contributed by atoms with Gasteiger partial charge >= 0.3 is 0 Å². The van der Waals surface area contributed by atoms with Crippen molar-refractivity contribution in [3.63, 3.8) is 0 Å². The average molecular weight is 501 g/mol. The molecule has 0 aliphatic carbocycles. The third kappa shape index (κ3) is 3.22. The second-order valence-electron chi connectivity index (χ2n) is 10.2. The summed E-state index contributed by atoms with van der Waals surface area (Å²) in [6.45, 7) is 2.21. The largest absolute Gasteiger partial charge is 0.135 e. The third-order valence-electron chi connectivity index (χ3n) is 7.87. The van der Waals surface area contributed by atoms with Crippen LogP contribution in [0.3, 0.4) is 0 Å². The van der Waals surface area contributed by atoms with E-state index in [1.54, 1.807) is 0 Å². The van der Waals surface area contributed by atoms with Gasteiger partial charge in [-0.25, -0.2) is 0 Å². The molecule has 7 aromatic carbocycles. The predicted octanol–water partition coefficient (Wildman–Crippen LogP) is 11.2. The molecule has 38 heavy (non-hydrogen) atoms. The lowest BCUT2D eigenvalue weighted by molar-refractivity contribution is 1.47. The molecule has 8 aromatic rings. The quantitative estimate of drug-likeness (QED) is 0.207. The van der Waals surface area contributed by atoms with E-state index < -0.39 is 0 Å². The van der Waals surface area contributed by atoms with Crippen LogP contribution < -0.4 is 0 Å². The number of hydrogen-bond donors (Lipinski definition) is 0. The van der Waals surface area contributed by atoms with Crippen molar-refractivity contribution in [2.75, 3.05) is 0 Å². The molecular formula is C37H24S. The highest BCUT2D eigenvalue weighted by Crippen LogP contribution is 2.42. The summed E-state index contributed by atoms with van der Waals surface area (Å²) in [4.78, 5) is 0. The molecule has 0 saturated carbocycles. The summed E-state index contributed by atoms with van der Waals surface area (Å²) in [6.07, 6.45) is 0. The fourth-order valence-electron chi connectivity index (χ4n) is 6.17. The van der Waals surface area contributed by atoms with Gasteiger partial charge in [0, 0.05) is 20.2 Å². The maximum Gasteiger partial charge on any atom is 0.0433 e. The van der Waals surface area contributed by atoms with Gasteiger partial charge in [-0.3, -0.25) is 0 Å². The second-order valence-corrected chi connectivity index (χ2v) is 11.3. The minimum Gasteiger partial charge on any atom is -0.135 e. The SMILES string of the molecule is Cc1cc(-c2ccc3c4ccccc4c4ccccc4c3c2)cc(-c2cccc3c2sc2ccccc23)c1. The van der Waals surface area contributed by atoms with Crippen LogP contribution in [-0.2, 0) is 0 Å². The first kappa shape index (κ1) is 21.6. The molecule has 0 unspecified atom stereocenters. The Morgan fingerprint density at radius 3 is 1.71 bits per heavy atom. The number of thiophene rings is 1. The lowest BCUT2D eigenvalue weighted by Gasteiger charge is -2.13. The molecule has 0 spiro atoms. The van der Waals surface area contributed by atoms with Gasteiger partial charge < -0.3 is 0 Å². The van der Waals surface area contributed by atoms with Gasteiger partial charge in [0.05, 0.1) is 0 Å². The van der Waals surface area contributed by atoms with Gasteiger partial charge in [-0.1, -0.05) is 109 Å². The van der Waals surface area contributed by atoms with Gasteiger partial charge in [-0.2, -0.15) is 0 Å². The van der Waals surface area contributed by atoms with E-state index in [-0.39, 0.29) is 0 Å². The molecule has 0 atom stereocenters. The van der Waals surface area contributed by atoms with Crippen molar-refractivity contribution in [3.8, 4) is 22.3 Å². The van der Waals surface area contributed by atoms with Crippen molar-refractivity contribution < 1.29 is 0 Å². The zero-order valence-corrected chi connectivity index (χ0v) is 21.8. The van der Waals surface area contributed by atoms with Crippen molar-refractivity contribution in [2.24, 2.45) is 0 Å². The van der Waals surface area contributed by atoms with E-state index in [0.29, 0.717) is 0 Å². The van der Waals surface area contributed by atoms with E-state index in [9.17, 15) is 0 Å². The predicted molar refractivity (Wildman–Crippen MR) is 167 cm³/mol. The van der Waals surface area contributed by atoms with Crippen LogP contribution >= 0.6 is 11.3 Å². The summed E-state index contributed by atoms with van der Waals surface area (Å²) >= 11 is 1.90. The average Bonchev–Trinajstić information content (AvgIpc) is 3.36. The van der Waals surface area contributed by atoms with Crippen LogP contribution in [-0.4, -0.2) is 0 Å². The Labute approximate surface area is 225 Å².